The molecule has 0 saturated carbocycles. The smallest absolute Gasteiger partial charge is 0.261 e. The van der Waals surface area contributed by atoms with Gasteiger partial charge in [-0.05, 0) is 18.2 Å². The van der Waals surface area contributed by atoms with Gasteiger partial charge in [0.05, 0.1) is 6.42 Å². The first-order chi connectivity index (χ1) is 10.0. The van der Waals surface area contributed by atoms with Crippen LogP contribution < -0.4 is 5.32 Å². The molecule has 2 aromatic rings. The average Bonchev–Trinajstić information content (AvgIpc) is 2.72. The molecule has 21 heavy (non-hydrogen) atoms. The molecule has 0 fully saturated rings. The number of nitrogens with one attached hydrogen (secondary N) is 1. The molecule has 0 radical (unpaired) electrons. The molecule has 1 aliphatic rings. The summed E-state index contributed by atoms with van der Waals surface area (Å²) in [5, 5.41) is 13.3. The fourth-order valence-corrected chi connectivity index (χ4v) is 2.81. The number of benzene rings is 2. The zero-order valence-corrected chi connectivity index (χ0v) is 12.6. The van der Waals surface area contributed by atoms with Crippen LogP contribution >= 0.6 is 15.9 Å². The molecule has 0 unspecified atom stereocenters. The van der Waals surface area contributed by atoms with Crippen LogP contribution in [0.1, 0.15) is 22.3 Å². The highest BCUT2D eigenvalue weighted by atomic mass is 79.9. The van der Waals surface area contributed by atoms with Crippen LogP contribution in [0.25, 0.3) is 0 Å². The maximum absolute atomic E-state index is 12.3. The molecule has 2 aromatic carbocycles. The van der Waals surface area contributed by atoms with E-state index in [1.54, 1.807) is 48.5 Å². The normalized spacial score (nSPS) is 20.0. The quantitative estimate of drug-likeness (QED) is 0.840. The van der Waals surface area contributed by atoms with Crippen LogP contribution in [-0.4, -0.2) is 16.8 Å². The number of amides is 1. The van der Waals surface area contributed by atoms with Crippen molar-refractivity contribution in [3.63, 3.8) is 0 Å². The molecule has 1 atom stereocenters. The minimum Gasteiger partial charge on any atom is -0.375 e. The number of hydrogen-bond acceptors (Lipinski definition) is 3. The number of rotatable bonds is 3. The van der Waals surface area contributed by atoms with E-state index in [2.05, 4.69) is 21.2 Å². The monoisotopic (exact) mass is 345 g/mol. The summed E-state index contributed by atoms with van der Waals surface area (Å²) in [6, 6.07) is 13.8. The summed E-state index contributed by atoms with van der Waals surface area (Å²) in [6.07, 6.45) is -0.285. The van der Waals surface area contributed by atoms with Gasteiger partial charge < -0.3 is 10.4 Å². The molecule has 0 spiro atoms. The SMILES string of the molecule is O=C(C[C@@]1(O)C(=O)Nc2ccc(Br)cc21)c1ccccc1. The van der Waals surface area contributed by atoms with E-state index in [1.165, 1.54) is 0 Å². The summed E-state index contributed by atoms with van der Waals surface area (Å²) in [5.41, 5.74) is -0.397. The van der Waals surface area contributed by atoms with Gasteiger partial charge in [0.1, 0.15) is 0 Å². The molecular formula is C16H12BrNO3. The molecule has 0 saturated heterocycles. The number of fused-ring (bicyclic) bond motifs is 1. The molecule has 5 heteroatoms. The Morgan fingerprint density at radius 2 is 1.90 bits per heavy atom. The van der Waals surface area contributed by atoms with Crippen molar-refractivity contribution in [2.75, 3.05) is 5.32 Å². The lowest BCUT2D eigenvalue weighted by Gasteiger charge is -2.20. The molecule has 106 valence electrons. The van der Waals surface area contributed by atoms with Crippen molar-refractivity contribution >= 4 is 33.3 Å². The second-order valence-corrected chi connectivity index (χ2v) is 5.89. The van der Waals surface area contributed by atoms with Gasteiger partial charge in [0.2, 0.25) is 0 Å². The summed E-state index contributed by atoms with van der Waals surface area (Å²) >= 11 is 3.31. The van der Waals surface area contributed by atoms with Gasteiger partial charge in [0.25, 0.3) is 5.91 Å². The van der Waals surface area contributed by atoms with Crippen LogP contribution in [0, 0.1) is 0 Å². The Hall–Kier alpha value is -1.98. The summed E-state index contributed by atoms with van der Waals surface area (Å²) in [4.78, 5) is 24.4. The number of ketones is 1. The lowest BCUT2D eigenvalue weighted by atomic mass is 9.88. The van der Waals surface area contributed by atoms with Crippen molar-refractivity contribution in [2.24, 2.45) is 0 Å². The molecule has 2 N–H and O–H groups in total. The number of anilines is 1. The van der Waals surface area contributed by atoms with Crippen LogP contribution in [0.15, 0.2) is 53.0 Å². The zero-order chi connectivity index (χ0) is 15.0. The molecule has 4 nitrogen and oxygen atoms in total. The highest BCUT2D eigenvalue weighted by molar-refractivity contribution is 9.10. The Morgan fingerprint density at radius 3 is 2.62 bits per heavy atom. The van der Waals surface area contributed by atoms with E-state index in [-0.39, 0.29) is 12.2 Å². The third-order valence-corrected chi connectivity index (χ3v) is 4.06. The van der Waals surface area contributed by atoms with E-state index in [0.717, 1.165) is 4.47 Å². The van der Waals surface area contributed by atoms with Gasteiger partial charge in [-0.15, -0.1) is 0 Å². The fourth-order valence-electron chi connectivity index (χ4n) is 2.45. The van der Waals surface area contributed by atoms with Crippen molar-refractivity contribution in [3.05, 3.63) is 64.1 Å². The Morgan fingerprint density at radius 1 is 1.19 bits per heavy atom. The first-order valence-electron chi connectivity index (χ1n) is 6.43. The second kappa shape index (κ2) is 5.09. The topological polar surface area (TPSA) is 66.4 Å². The molecule has 1 amide bonds. The molecule has 3 rings (SSSR count). The standard InChI is InChI=1S/C16H12BrNO3/c17-11-6-7-13-12(8-11)16(21,15(20)18-13)9-14(19)10-4-2-1-3-5-10/h1-8,21H,9H2,(H,18,20)/t16-/m0/s1. The van der Waals surface area contributed by atoms with Gasteiger partial charge in [0, 0.05) is 21.3 Å². The van der Waals surface area contributed by atoms with E-state index in [9.17, 15) is 14.7 Å². The molecule has 1 heterocycles. The van der Waals surface area contributed by atoms with Crippen LogP contribution in [0.4, 0.5) is 5.69 Å². The predicted molar refractivity (Wildman–Crippen MR) is 82.1 cm³/mol. The molecular weight excluding hydrogens is 334 g/mol. The van der Waals surface area contributed by atoms with E-state index < -0.39 is 11.5 Å². The third kappa shape index (κ3) is 2.39. The Bertz CT molecular complexity index is 730. The van der Waals surface area contributed by atoms with E-state index in [0.29, 0.717) is 16.8 Å². The summed E-state index contributed by atoms with van der Waals surface area (Å²) < 4.78 is 0.739. The average molecular weight is 346 g/mol. The van der Waals surface area contributed by atoms with E-state index in [1.807, 2.05) is 0 Å². The lowest BCUT2D eigenvalue weighted by Crippen LogP contribution is -2.36. The van der Waals surface area contributed by atoms with Crippen molar-refractivity contribution in [1.29, 1.82) is 0 Å². The maximum atomic E-state index is 12.3. The van der Waals surface area contributed by atoms with E-state index >= 15 is 0 Å². The largest absolute Gasteiger partial charge is 0.375 e. The second-order valence-electron chi connectivity index (χ2n) is 4.97. The van der Waals surface area contributed by atoms with Crippen molar-refractivity contribution in [2.45, 2.75) is 12.0 Å². The lowest BCUT2D eigenvalue weighted by molar-refractivity contribution is -0.133. The first-order valence-corrected chi connectivity index (χ1v) is 7.22. The van der Waals surface area contributed by atoms with Crippen LogP contribution in [0.3, 0.4) is 0 Å². The summed E-state index contributed by atoms with van der Waals surface area (Å²) in [6.45, 7) is 0. The first kappa shape index (κ1) is 14.0. The number of aliphatic hydroxyl groups is 1. The highest BCUT2D eigenvalue weighted by Gasteiger charge is 2.46. The van der Waals surface area contributed by atoms with Gasteiger partial charge in [-0.2, -0.15) is 0 Å². The number of carbonyl (C=O) groups excluding carboxylic acids is 2. The summed E-state index contributed by atoms with van der Waals surface area (Å²) in [5.74, 6) is -0.846. The van der Waals surface area contributed by atoms with Gasteiger partial charge in [-0.1, -0.05) is 46.3 Å². The molecule has 0 aliphatic carbocycles. The number of halogens is 1. The number of carbonyl (C=O) groups is 2. The minimum atomic E-state index is -1.83. The zero-order valence-electron chi connectivity index (χ0n) is 11.0. The Labute approximate surface area is 129 Å². The highest BCUT2D eigenvalue weighted by Crippen LogP contribution is 2.40. The third-order valence-electron chi connectivity index (χ3n) is 3.56. The predicted octanol–water partition coefficient (Wildman–Crippen LogP) is 2.86. The molecule has 0 bridgehead atoms. The number of hydrogen-bond donors (Lipinski definition) is 2. The van der Waals surface area contributed by atoms with Gasteiger partial charge in [-0.25, -0.2) is 0 Å². The Kier molecular flexibility index (Phi) is 3.39. The fraction of sp³-hybridized carbons (Fsp3) is 0.125. The Balaban J connectivity index is 1.97. The van der Waals surface area contributed by atoms with Crippen molar-refractivity contribution in [3.8, 4) is 0 Å². The van der Waals surface area contributed by atoms with Gasteiger partial charge in [0.15, 0.2) is 11.4 Å². The van der Waals surface area contributed by atoms with Crippen LogP contribution in [0.5, 0.6) is 0 Å². The molecule has 0 aromatic heterocycles. The minimum absolute atomic E-state index is 0.277. The van der Waals surface area contributed by atoms with Crippen molar-refractivity contribution in [1.82, 2.24) is 0 Å². The van der Waals surface area contributed by atoms with Gasteiger partial charge in [-0.3, -0.25) is 9.59 Å². The summed E-state index contributed by atoms with van der Waals surface area (Å²) in [7, 11) is 0. The van der Waals surface area contributed by atoms with Crippen LogP contribution in [-0.2, 0) is 10.4 Å². The van der Waals surface area contributed by atoms with Crippen LogP contribution in [0.2, 0.25) is 0 Å². The van der Waals surface area contributed by atoms with Gasteiger partial charge >= 0.3 is 0 Å². The maximum Gasteiger partial charge on any atom is 0.261 e. The van der Waals surface area contributed by atoms with Crippen molar-refractivity contribution < 1.29 is 14.7 Å². The number of Topliss-reactive ketones (excluding diaryl/α,β-unsaturated/α-hetero) is 1. The molecule has 1 aliphatic heterocycles. The van der Waals surface area contributed by atoms with E-state index in [4.69, 9.17) is 0 Å².